The highest BCUT2D eigenvalue weighted by Crippen LogP contribution is 2.42. The number of aromatic nitrogens is 1. The molecular weight excluding hydrogens is 849 g/mol. The third kappa shape index (κ3) is 10.5. The second-order valence-electron chi connectivity index (χ2n) is 19.8. The van der Waals surface area contributed by atoms with Gasteiger partial charge in [-0.2, -0.15) is 0 Å². The summed E-state index contributed by atoms with van der Waals surface area (Å²) in [6.07, 6.45) is 3.51. The molecule has 3 aromatic carbocycles. The molecule has 358 valence electrons. The fourth-order valence-corrected chi connectivity index (χ4v) is 10.4. The van der Waals surface area contributed by atoms with Gasteiger partial charge in [0.25, 0.3) is 5.91 Å². The van der Waals surface area contributed by atoms with E-state index in [9.17, 15) is 29.1 Å². The summed E-state index contributed by atoms with van der Waals surface area (Å²) < 4.78 is 14.0. The van der Waals surface area contributed by atoms with Crippen LogP contribution >= 0.6 is 0 Å². The van der Waals surface area contributed by atoms with Crippen LogP contribution in [0.3, 0.4) is 0 Å². The number of aromatic hydroxyl groups is 1. The molecule has 5 atom stereocenters. The lowest BCUT2D eigenvalue weighted by atomic mass is 9.83. The summed E-state index contributed by atoms with van der Waals surface area (Å²) in [6.45, 7) is 17.8. The Bertz CT molecular complexity index is 2530. The summed E-state index contributed by atoms with van der Waals surface area (Å²) in [5.74, 6) is -3.00. The third-order valence-electron chi connectivity index (χ3n) is 13.8. The molecule has 3 aliphatic heterocycles. The fourth-order valence-electron chi connectivity index (χ4n) is 10.4. The van der Waals surface area contributed by atoms with E-state index >= 15 is 0 Å². The number of cyclic esters (lactones) is 1. The van der Waals surface area contributed by atoms with Gasteiger partial charge in [0.05, 0.1) is 24.8 Å². The Morgan fingerprint density at radius 3 is 2.55 bits per heavy atom. The van der Waals surface area contributed by atoms with Gasteiger partial charge in [0, 0.05) is 68.6 Å². The molecule has 6 bridgehead atoms. The second kappa shape index (κ2) is 20.5. The molecule has 7 rings (SSSR count). The molecule has 0 radical (unpaired) electrons. The zero-order valence-corrected chi connectivity index (χ0v) is 40.4. The van der Waals surface area contributed by atoms with E-state index in [-0.39, 0.29) is 55.5 Å². The third-order valence-corrected chi connectivity index (χ3v) is 13.8. The van der Waals surface area contributed by atoms with Gasteiger partial charge in [0.2, 0.25) is 17.7 Å². The fraction of sp³-hybridized carbons (Fsp3) is 0.491. The number of hydrogen-bond acceptors (Lipinski definition) is 9. The normalized spacial score (nSPS) is 21.4. The molecule has 0 spiro atoms. The molecule has 3 N–H and O–H groups in total. The number of likely N-dealkylation sites (tertiary alicyclic amines) is 1. The minimum absolute atomic E-state index is 0.00118. The second-order valence-corrected chi connectivity index (χ2v) is 19.8. The number of phenols is 1. The Morgan fingerprint density at radius 1 is 1.07 bits per heavy atom. The lowest BCUT2D eigenvalue weighted by Crippen LogP contribution is -2.62. The van der Waals surface area contributed by atoms with Crippen LogP contribution in [-0.4, -0.2) is 119 Å². The summed E-state index contributed by atoms with van der Waals surface area (Å²) in [6, 6.07) is 17.1. The smallest absolute Gasteiger partial charge is 0.324 e. The first-order valence-corrected chi connectivity index (χ1v) is 23.7. The van der Waals surface area contributed by atoms with Gasteiger partial charge in [0.15, 0.2) is 0 Å². The van der Waals surface area contributed by atoms with Crippen molar-refractivity contribution in [2.24, 2.45) is 23.2 Å². The molecule has 67 heavy (non-hydrogen) atoms. The Kier molecular flexibility index (Phi) is 15.0. The molecule has 14 heteroatoms. The minimum atomic E-state index is -1.16. The zero-order chi connectivity index (χ0) is 48.3. The molecule has 4 heterocycles. The number of fused-ring (bicyclic) bond motifs is 6. The summed E-state index contributed by atoms with van der Waals surface area (Å²) in [7, 11) is 3.30. The van der Waals surface area contributed by atoms with Crippen molar-refractivity contribution in [3.05, 3.63) is 90.0 Å². The summed E-state index contributed by atoms with van der Waals surface area (Å²) in [5.41, 5.74) is 10.4. The predicted molar refractivity (Wildman–Crippen MR) is 259 cm³/mol. The van der Waals surface area contributed by atoms with Crippen LogP contribution in [0, 0.1) is 23.2 Å². The van der Waals surface area contributed by atoms with Gasteiger partial charge >= 0.3 is 5.97 Å². The molecule has 4 aromatic rings. The number of rotatable bonds is 11. The monoisotopic (exact) mass is 917 g/mol. The van der Waals surface area contributed by atoms with Gasteiger partial charge in [0.1, 0.15) is 23.9 Å². The maximum Gasteiger partial charge on any atom is 0.324 e. The van der Waals surface area contributed by atoms with Gasteiger partial charge in [-0.15, -0.1) is 0 Å². The van der Waals surface area contributed by atoms with Crippen molar-refractivity contribution in [3.63, 3.8) is 0 Å². The van der Waals surface area contributed by atoms with Crippen LogP contribution in [0.1, 0.15) is 71.1 Å². The number of phenolic OH excluding ortho intramolecular Hbond substituents is 1. The molecule has 0 aliphatic carbocycles. The number of ether oxygens (including phenoxy) is 2. The van der Waals surface area contributed by atoms with Crippen molar-refractivity contribution in [1.29, 1.82) is 0 Å². The standard InChI is InChI=1S/C53H68N6O8/c1-10-46(61)57-29-33(5)42(30-57)50(63)56(8)47(32(3)4)49(62)54-44-25-34-23-37(26-38(60)24-34)36-18-19-45-40(27-36)41(48(58(45)11-2)39-16-13-12-15-35(39)20-22-66-9)28-53(6,7)31-67-52(65)43-17-14-21-59(55-43)51(44)64/h10,12-13,15-16,18-19,23-24,26-27,32-33,42-44,47,55,60H,1,11,14,17,20-22,25,28-31H2,2-9H3,(H,54,62)/t33-,42+,43-,44-,47-/m0/s1. The van der Waals surface area contributed by atoms with E-state index in [1.165, 1.54) is 21.5 Å². The minimum Gasteiger partial charge on any atom is -0.508 e. The van der Waals surface area contributed by atoms with Crippen LogP contribution in [0.25, 0.3) is 33.3 Å². The Morgan fingerprint density at radius 2 is 1.84 bits per heavy atom. The van der Waals surface area contributed by atoms with Crippen molar-refractivity contribution >= 4 is 40.5 Å². The number of nitrogens with one attached hydrogen (secondary N) is 2. The largest absolute Gasteiger partial charge is 0.508 e. The highest BCUT2D eigenvalue weighted by atomic mass is 16.5. The maximum atomic E-state index is 14.8. The van der Waals surface area contributed by atoms with Crippen molar-refractivity contribution in [2.45, 2.75) is 98.3 Å². The van der Waals surface area contributed by atoms with Crippen molar-refractivity contribution in [1.82, 2.24) is 30.1 Å². The molecule has 0 saturated carbocycles. The molecule has 4 amide bonds. The van der Waals surface area contributed by atoms with E-state index in [0.717, 1.165) is 45.3 Å². The number of nitrogens with zero attached hydrogens (tertiary/aromatic N) is 4. The quantitative estimate of drug-likeness (QED) is 0.116. The van der Waals surface area contributed by atoms with Gasteiger partial charge in [-0.25, -0.2) is 5.43 Å². The molecule has 0 unspecified atom stereocenters. The summed E-state index contributed by atoms with van der Waals surface area (Å²) >= 11 is 0. The number of esters is 1. The first kappa shape index (κ1) is 48.9. The number of carbonyl (C=O) groups excluding carboxylic acids is 5. The zero-order valence-electron chi connectivity index (χ0n) is 40.4. The Balaban J connectivity index is 1.30. The van der Waals surface area contributed by atoms with Crippen LogP contribution in [-0.2, 0) is 59.3 Å². The van der Waals surface area contributed by atoms with Gasteiger partial charge in [-0.3, -0.25) is 29.0 Å². The first-order chi connectivity index (χ1) is 31.9. The van der Waals surface area contributed by atoms with Gasteiger partial charge in [-0.1, -0.05) is 77.6 Å². The Hall–Kier alpha value is -5.99. The number of methoxy groups -OCH3 is 1. The first-order valence-electron chi connectivity index (χ1n) is 23.7. The highest BCUT2D eigenvalue weighted by molar-refractivity contribution is 5.96. The van der Waals surface area contributed by atoms with Crippen LogP contribution < -0.4 is 10.7 Å². The molecule has 2 fully saturated rings. The predicted octanol–water partition coefficient (Wildman–Crippen LogP) is 6.30. The molecule has 1 aromatic heterocycles. The van der Waals surface area contributed by atoms with Gasteiger partial charge in [-0.05, 0) is 103 Å². The molecule has 3 aliphatic rings. The molecular formula is C53H68N6O8. The van der Waals surface area contributed by atoms with E-state index in [1.54, 1.807) is 31.2 Å². The van der Waals surface area contributed by atoms with E-state index in [4.69, 9.17) is 9.47 Å². The molecule has 2 saturated heterocycles. The number of aryl methyl sites for hydroxylation is 1. The number of amides is 4. The van der Waals surface area contributed by atoms with Crippen LogP contribution in [0.15, 0.2) is 73.3 Å². The summed E-state index contributed by atoms with van der Waals surface area (Å²) in [4.78, 5) is 72.9. The summed E-state index contributed by atoms with van der Waals surface area (Å²) in [5, 5.41) is 16.8. The average Bonchev–Trinajstić information content (AvgIpc) is 3.84. The number of benzene rings is 3. The van der Waals surface area contributed by atoms with E-state index < -0.39 is 47.2 Å². The van der Waals surface area contributed by atoms with Gasteiger partial charge < -0.3 is 34.3 Å². The maximum absolute atomic E-state index is 14.8. The number of hydrogen-bond donors (Lipinski definition) is 3. The number of likely N-dealkylation sites (N-methyl/N-ethyl adjacent to an activating group) is 1. The topological polar surface area (TPSA) is 163 Å². The van der Waals surface area contributed by atoms with Crippen molar-refractivity contribution < 1.29 is 38.6 Å². The van der Waals surface area contributed by atoms with E-state index in [1.807, 2.05) is 32.9 Å². The van der Waals surface area contributed by atoms with E-state index in [2.05, 4.69) is 79.1 Å². The highest BCUT2D eigenvalue weighted by Gasteiger charge is 2.42. The Labute approximate surface area is 394 Å². The molecule has 14 nitrogen and oxygen atoms in total. The SMILES string of the molecule is C=CC(=O)N1C[C@H](C)[C@H](C(=O)N(C)[C@H](C(=O)N[C@H]2Cc3cc(O)cc(c3)-c3ccc4c(c3)c(c(-c3ccccc3CCOC)n4CC)CC(C)(C)COC(=O)[C@@H]3CCCN(N3)C2=O)C(C)C)C1. The lowest BCUT2D eigenvalue weighted by Gasteiger charge is -2.37. The van der Waals surface area contributed by atoms with Crippen molar-refractivity contribution in [2.75, 3.05) is 47.0 Å². The number of hydrazine groups is 1. The lowest BCUT2D eigenvalue weighted by molar-refractivity contribution is -0.155. The van der Waals surface area contributed by atoms with Crippen LogP contribution in [0.5, 0.6) is 5.75 Å². The van der Waals surface area contributed by atoms with Crippen LogP contribution in [0.4, 0.5) is 0 Å². The number of carbonyl (C=O) groups is 5. The van der Waals surface area contributed by atoms with Crippen LogP contribution in [0.2, 0.25) is 0 Å². The van der Waals surface area contributed by atoms with Crippen molar-refractivity contribution in [3.8, 4) is 28.1 Å². The van der Waals surface area contributed by atoms with E-state index in [0.29, 0.717) is 44.5 Å². The average molecular weight is 917 g/mol.